The van der Waals surface area contributed by atoms with E-state index in [1.165, 1.54) is 12.1 Å². The van der Waals surface area contributed by atoms with Crippen molar-refractivity contribution in [2.24, 2.45) is 0 Å². The van der Waals surface area contributed by atoms with Gasteiger partial charge in [0.25, 0.3) is 0 Å². The highest BCUT2D eigenvalue weighted by Gasteiger charge is 2.17. The molecule has 6 heteroatoms. The van der Waals surface area contributed by atoms with Gasteiger partial charge in [0.2, 0.25) is 10.0 Å². The number of hydrogen-bond acceptors (Lipinski definition) is 4. The van der Waals surface area contributed by atoms with E-state index in [0.717, 1.165) is 5.56 Å². The van der Waals surface area contributed by atoms with Crippen LogP contribution in [0.1, 0.15) is 12.5 Å². The first-order chi connectivity index (χ1) is 7.35. The lowest BCUT2D eigenvalue weighted by molar-refractivity contribution is 0.265. The third-order valence-corrected chi connectivity index (χ3v) is 3.58. The van der Waals surface area contributed by atoms with Gasteiger partial charge >= 0.3 is 0 Å². The van der Waals surface area contributed by atoms with E-state index in [1.807, 2.05) is 0 Å². The Bertz CT molecular complexity index is 451. The van der Waals surface area contributed by atoms with Gasteiger partial charge in [-0.05, 0) is 37.6 Å². The molecule has 0 fully saturated rings. The molecular formula is C10H16N2O3S. The van der Waals surface area contributed by atoms with Crippen LogP contribution in [-0.4, -0.2) is 26.2 Å². The van der Waals surface area contributed by atoms with Crippen LogP contribution in [0.3, 0.4) is 0 Å². The number of sulfonamides is 1. The highest BCUT2D eigenvalue weighted by atomic mass is 32.2. The van der Waals surface area contributed by atoms with Crippen molar-refractivity contribution in [3.8, 4) is 0 Å². The van der Waals surface area contributed by atoms with Gasteiger partial charge in [-0.3, -0.25) is 0 Å². The van der Waals surface area contributed by atoms with Crippen molar-refractivity contribution in [1.29, 1.82) is 0 Å². The van der Waals surface area contributed by atoms with Gasteiger partial charge in [-0.25, -0.2) is 13.1 Å². The van der Waals surface area contributed by atoms with Gasteiger partial charge in [0, 0.05) is 11.7 Å². The predicted molar refractivity (Wildman–Crippen MR) is 62.5 cm³/mol. The fourth-order valence-corrected chi connectivity index (χ4v) is 2.67. The Kier molecular flexibility index (Phi) is 3.90. The minimum atomic E-state index is -3.61. The fourth-order valence-electron chi connectivity index (χ4n) is 1.30. The minimum absolute atomic E-state index is 0.116. The summed E-state index contributed by atoms with van der Waals surface area (Å²) in [6.07, 6.45) is 0. The number of nitrogen functional groups attached to an aromatic ring is 1. The molecule has 0 bridgehead atoms. The van der Waals surface area contributed by atoms with Gasteiger partial charge in [-0.2, -0.15) is 0 Å². The standard InChI is InChI=1S/C10H16N2O3S/c1-7-3-9(11)5-10(4-7)16(14,15)12-8(2)6-13/h3-5,8,12-13H,6,11H2,1-2H3/t8-/m1/s1. The summed E-state index contributed by atoms with van der Waals surface area (Å²) in [6, 6.07) is 4.09. The topological polar surface area (TPSA) is 92.4 Å². The van der Waals surface area contributed by atoms with Crippen molar-refractivity contribution in [3.05, 3.63) is 23.8 Å². The zero-order valence-corrected chi connectivity index (χ0v) is 10.1. The van der Waals surface area contributed by atoms with Gasteiger partial charge in [0.15, 0.2) is 0 Å². The van der Waals surface area contributed by atoms with Crippen LogP contribution in [-0.2, 0) is 10.0 Å². The summed E-state index contributed by atoms with van der Waals surface area (Å²) in [5, 5.41) is 8.80. The van der Waals surface area contributed by atoms with Crippen molar-refractivity contribution in [1.82, 2.24) is 4.72 Å². The number of nitrogens with one attached hydrogen (secondary N) is 1. The lowest BCUT2D eigenvalue weighted by Crippen LogP contribution is -2.35. The van der Waals surface area contributed by atoms with Crippen LogP contribution in [0.5, 0.6) is 0 Å². The molecule has 0 amide bonds. The molecule has 0 radical (unpaired) electrons. The molecule has 0 aliphatic heterocycles. The molecule has 0 heterocycles. The Labute approximate surface area is 95.3 Å². The molecule has 5 nitrogen and oxygen atoms in total. The molecule has 4 N–H and O–H groups in total. The molecule has 16 heavy (non-hydrogen) atoms. The largest absolute Gasteiger partial charge is 0.399 e. The van der Waals surface area contributed by atoms with Crippen molar-refractivity contribution in [2.45, 2.75) is 24.8 Å². The summed E-state index contributed by atoms with van der Waals surface area (Å²) in [6.45, 7) is 3.10. The van der Waals surface area contributed by atoms with Gasteiger partial charge in [0.05, 0.1) is 11.5 Å². The Morgan fingerprint density at radius 3 is 2.56 bits per heavy atom. The third-order valence-electron chi connectivity index (χ3n) is 2.01. The summed E-state index contributed by atoms with van der Waals surface area (Å²) >= 11 is 0. The first-order valence-corrected chi connectivity index (χ1v) is 6.34. The molecule has 1 atom stereocenters. The normalized spacial score (nSPS) is 13.7. The summed E-state index contributed by atoms with van der Waals surface area (Å²) in [7, 11) is -3.61. The monoisotopic (exact) mass is 244 g/mol. The van der Waals surface area contributed by atoms with Crippen LogP contribution in [0.15, 0.2) is 23.1 Å². The summed E-state index contributed by atoms with van der Waals surface area (Å²) in [5.74, 6) is 0. The van der Waals surface area contributed by atoms with Crippen LogP contribution >= 0.6 is 0 Å². The van der Waals surface area contributed by atoms with Gasteiger partial charge in [-0.15, -0.1) is 0 Å². The number of anilines is 1. The molecule has 0 saturated heterocycles. The minimum Gasteiger partial charge on any atom is -0.399 e. The molecule has 0 unspecified atom stereocenters. The van der Waals surface area contributed by atoms with Crippen LogP contribution < -0.4 is 10.5 Å². The predicted octanol–water partition coefficient (Wildman–Crippen LogP) is 0.236. The van der Waals surface area contributed by atoms with E-state index < -0.39 is 16.1 Å². The lowest BCUT2D eigenvalue weighted by atomic mass is 10.2. The van der Waals surface area contributed by atoms with Crippen LogP contribution in [0.2, 0.25) is 0 Å². The summed E-state index contributed by atoms with van der Waals surface area (Å²) < 4.78 is 26.0. The Morgan fingerprint density at radius 1 is 1.44 bits per heavy atom. The van der Waals surface area contributed by atoms with Gasteiger partial charge in [0.1, 0.15) is 0 Å². The van der Waals surface area contributed by atoms with E-state index in [1.54, 1.807) is 19.9 Å². The smallest absolute Gasteiger partial charge is 0.240 e. The summed E-state index contributed by atoms with van der Waals surface area (Å²) in [5.41, 5.74) is 6.75. The lowest BCUT2D eigenvalue weighted by Gasteiger charge is -2.12. The second kappa shape index (κ2) is 4.82. The Morgan fingerprint density at radius 2 is 2.06 bits per heavy atom. The molecule has 90 valence electrons. The molecule has 0 aromatic heterocycles. The molecule has 0 aliphatic rings. The number of benzene rings is 1. The number of hydrogen-bond donors (Lipinski definition) is 3. The van der Waals surface area contributed by atoms with Crippen LogP contribution in [0.4, 0.5) is 5.69 Å². The average molecular weight is 244 g/mol. The maximum Gasteiger partial charge on any atom is 0.240 e. The first-order valence-electron chi connectivity index (χ1n) is 4.85. The highest BCUT2D eigenvalue weighted by molar-refractivity contribution is 7.89. The van der Waals surface area contributed by atoms with Crippen molar-refractivity contribution >= 4 is 15.7 Å². The molecule has 1 rings (SSSR count). The maximum atomic E-state index is 11.8. The van der Waals surface area contributed by atoms with E-state index in [-0.39, 0.29) is 11.5 Å². The van der Waals surface area contributed by atoms with Gasteiger partial charge in [-0.1, -0.05) is 0 Å². The number of aryl methyl sites for hydroxylation is 1. The Hall–Kier alpha value is -1.11. The zero-order valence-electron chi connectivity index (χ0n) is 9.27. The van der Waals surface area contributed by atoms with E-state index in [2.05, 4.69) is 4.72 Å². The van der Waals surface area contributed by atoms with E-state index in [0.29, 0.717) is 5.69 Å². The van der Waals surface area contributed by atoms with Crippen molar-refractivity contribution < 1.29 is 13.5 Å². The molecule has 1 aromatic rings. The molecule has 0 spiro atoms. The van der Waals surface area contributed by atoms with Crippen molar-refractivity contribution in [3.63, 3.8) is 0 Å². The molecule has 0 aliphatic carbocycles. The second-order valence-corrected chi connectivity index (χ2v) is 5.50. The number of aliphatic hydroxyl groups excluding tert-OH is 1. The van der Waals surface area contributed by atoms with Crippen LogP contribution in [0.25, 0.3) is 0 Å². The molecular weight excluding hydrogens is 228 g/mol. The maximum absolute atomic E-state index is 11.8. The van der Waals surface area contributed by atoms with E-state index in [4.69, 9.17) is 10.8 Å². The number of nitrogens with two attached hydrogens (primary N) is 1. The van der Waals surface area contributed by atoms with Crippen LogP contribution in [0, 0.1) is 6.92 Å². The quantitative estimate of drug-likeness (QED) is 0.661. The SMILES string of the molecule is Cc1cc(N)cc(S(=O)(=O)N[C@H](C)CO)c1. The van der Waals surface area contributed by atoms with Crippen molar-refractivity contribution in [2.75, 3.05) is 12.3 Å². The number of rotatable bonds is 4. The highest BCUT2D eigenvalue weighted by Crippen LogP contribution is 2.16. The first kappa shape index (κ1) is 13.0. The molecule has 1 aromatic carbocycles. The Balaban J connectivity index is 3.07. The van der Waals surface area contributed by atoms with E-state index in [9.17, 15) is 8.42 Å². The molecule has 0 saturated carbocycles. The zero-order chi connectivity index (χ0) is 12.3. The third kappa shape index (κ3) is 3.19. The fraction of sp³-hybridized carbons (Fsp3) is 0.400. The van der Waals surface area contributed by atoms with E-state index >= 15 is 0 Å². The number of aliphatic hydroxyl groups is 1. The summed E-state index contributed by atoms with van der Waals surface area (Å²) in [4.78, 5) is 0.116. The second-order valence-electron chi connectivity index (χ2n) is 3.78. The van der Waals surface area contributed by atoms with Gasteiger partial charge < -0.3 is 10.8 Å². The average Bonchev–Trinajstić information content (AvgIpc) is 2.15.